The van der Waals surface area contributed by atoms with Crippen LogP contribution in [0.25, 0.3) is 10.9 Å². The smallest absolute Gasteiger partial charge is 0.419 e. The van der Waals surface area contributed by atoms with E-state index in [0.717, 1.165) is 0 Å². The third-order valence-corrected chi connectivity index (χ3v) is 2.98. The van der Waals surface area contributed by atoms with Gasteiger partial charge in [0, 0.05) is 17.1 Å². The number of carbonyl (C=O) groups is 3. The van der Waals surface area contributed by atoms with Crippen LogP contribution in [0.3, 0.4) is 0 Å². The first kappa shape index (κ1) is 15.8. The minimum atomic E-state index is -0.672. The van der Waals surface area contributed by atoms with Crippen LogP contribution in [0.5, 0.6) is 0 Å². The molecule has 0 radical (unpaired) electrons. The van der Waals surface area contributed by atoms with E-state index in [-0.39, 0.29) is 11.1 Å². The highest BCUT2D eigenvalue weighted by Gasteiger charge is 2.23. The van der Waals surface area contributed by atoms with Crippen molar-refractivity contribution in [3.05, 3.63) is 35.5 Å². The maximum atomic E-state index is 12.3. The van der Waals surface area contributed by atoms with Crippen molar-refractivity contribution in [2.45, 2.75) is 26.4 Å². The van der Waals surface area contributed by atoms with Crippen LogP contribution in [0, 0.1) is 0 Å². The summed E-state index contributed by atoms with van der Waals surface area (Å²) in [7, 11) is 1.26. The number of esters is 1. The molecule has 0 aliphatic carbocycles. The van der Waals surface area contributed by atoms with Crippen LogP contribution in [-0.4, -0.2) is 35.6 Å². The van der Waals surface area contributed by atoms with Gasteiger partial charge in [0.15, 0.2) is 6.29 Å². The standard InChI is InChI=1S/C16H17NO5/c1-16(2,3)22-15(20)17-8-10(9-18)13-11(14(19)21-4)6-5-7-12(13)17/h5-9H,1-4H3. The summed E-state index contributed by atoms with van der Waals surface area (Å²) in [6, 6.07) is 4.79. The molecule has 0 spiro atoms. The van der Waals surface area contributed by atoms with Gasteiger partial charge in [-0.25, -0.2) is 9.59 Å². The zero-order valence-electron chi connectivity index (χ0n) is 12.9. The molecular weight excluding hydrogens is 286 g/mol. The van der Waals surface area contributed by atoms with Gasteiger partial charge in [0.1, 0.15) is 5.60 Å². The zero-order chi connectivity index (χ0) is 16.5. The summed E-state index contributed by atoms with van der Waals surface area (Å²) < 4.78 is 11.2. The number of fused-ring (bicyclic) bond motifs is 1. The summed E-state index contributed by atoms with van der Waals surface area (Å²) in [6.45, 7) is 5.24. The maximum absolute atomic E-state index is 12.3. The van der Waals surface area contributed by atoms with Crippen LogP contribution in [0.4, 0.5) is 4.79 Å². The van der Waals surface area contributed by atoms with Gasteiger partial charge in [0.25, 0.3) is 0 Å². The topological polar surface area (TPSA) is 74.6 Å². The van der Waals surface area contributed by atoms with Crippen LogP contribution in [0.1, 0.15) is 41.5 Å². The van der Waals surface area contributed by atoms with E-state index in [1.165, 1.54) is 17.9 Å². The molecule has 0 saturated heterocycles. The minimum Gasteiger partial charge on any atom is -0.465 e. The van der Waals surface area contributed by atoms with E-state index in [1.807, 2.05) is 0 Å². The fourth-order valence-corrected chi connectivity index (χ4v) is 2.15. The molecule has 0 aliphatic rings. The Bertz CT molecular complexity index is 752. The second-order valence-electron chi connectivity index (χ2n) is 5.74. The van der Waals surface area contributed by atoms with Crippen molar-refractivity contribution < 1.29 is 23.9 Å². The summed E-state index contributed by atoms with van der Waals surface area (Å²) in [6.07, 6.45) is 1.33. The third kappa shape index (κ3) is 2.86. The molecule has 1 aromatic heterocycles. The molecule has 0 saturated carbocycles. The van der Waals surface area contributed by atoms with Gasteiger partial charge in [0.05, 0.1) is 18.2 Å². The van der Waals surface area contributed by atoms with Crippen molar-refractivity contribution in [1.29, 1.82) is 0 Å². The average molecular weight is 303 g/mol. The molecule has 116 valence electrons. The molecule has 1 aromatic carbocycles. The van der Waals surface area contributed by atoms with Crippen LogP contribution in [0.15, 0.2) is 24.4 Å². The lowest BCUT2D eigenvalue weighted by Crippen LogP contribution is -2.26. The number of hydrogen-bond acceptors (Lipinski definition) is 5. The fourth-order valence-electron chi connectivity index (χ4n) is 2.15. The van der Waals surface area contributed by atoms with E-state index in [1.54, 1.807) is 39.0 Å². The fraction of sp³-hybridized carbons (Fsp3) is 0.312. The van der Waals surface area contributed by atoms with Crippen molar-refractivity contribution in [3.63, 3.8) is 0 Å². The number of methoxy groups -OCH3 is 1. The maximum Gasteiger partial charge on any atom is 0.419 e. The number of ether oxygens (including phenoxy) is 2. The van der Waals surface area contributed by atoms with E-state index >= 15 is 0 Å². The molecule has 6 heteroatoms. The van der Waals surface area contributed by atoms with Crippen molar-refractivity contribution in [2.75, 3.05) is 7.11 Å². The van der Waals surface area contributed by atoms with E-state index in [2.05, 4.69) is 0 Å². The molecular formula is C16H17NO5. The molecule has 2 rings (SSSR count). The second kappa shape index (κ2) is 5.63. The van der Waals surface area contributed by atoms with Crippen LogP contribution >= 0.6 is 0 Å². The summed E-state index contributed by atoms with van der Waals surface area (Å²) in [5, 5.41) is 0.371. The number of benzene rings is 1. The molecule has 0 bridgehead atoms. The number of aromatic nitrogens is 1. The quantitative estimate of drug-likeness (QED) is 0.629. The van der Waals surface area contributed by atoms with Gasteiger partial charge in [-0.05, 0) is 32.9 Å². The van der Waals surface area contributed by atoms with Crippen molar-refractivity contribution in [3.8, 4) is 0 Å². The lowest BCUT2D eigenvalue weighted by molar-refractivity contribution is 0.0542. The van der Waals surface area contributed by atoms with Crippen LogP contribution < -0.4 is 0 Å². The van der Waals surface area contributed by atoms with Gasteiger partial charge in [-0.3, -0.25) is 9.36 Å². The largest absolute Gasteiger partial charge is 0.465 e. The summed E-state index contributed by atoms with van der Waals surface area (Å²) in [5.74, 6) is -0.573. The second-order valence-corrected chi connectivity index (χ2v) is 5.74. The number of rotatable bonds is 2. The Morgan fingerprint density at radius 1 is 1.23 bits per heavy atom. The monoisotopic (exact) mass is 303 g/mol. The summed E-state index contributed by atoms with van der Waals surface area (Å²) in [5.41, 5.74) is 0.195. The third-order valence-electron chi connectivity index (χ3n) is 2.98. The Labute approximate surface area is 127 Å². The normalized spacial score (nSPS) is 11.3. The predicted molar refractivity (Wildman–Crippen MR) is 80.3 cm³/mol. The molecule has 0 unspecified atom stereocenters. The van der Waals surface area contributed by atoms with Crippen LogP contribution in [-0.2, 0) is 9.47 Å². The van der Waals surface area contributed by atoms with E-state index in [0.29, 0.717) is 17.2 Å². The Kier molecular flexibility index (Phi) is 4.03. The number of aldehydes is 1. The van der Waals surface area contributed by atoms with Gasteiger partial charge in [-0.2, -0.15) is 0 Å². The van der Waals surface area contributed by atoms with Gasteiger partial charge < -0.3 is 9.47 Å². The van der Waals surface area contributed by atoms with E-state index < -0.39 is 17.7 Å². The molecule has 2 aromatic rings. The molecule has 1 heterocycles. The molecule has 0 aliphatic heterocycles. The minimum absolute atomic E-state index is 0.224. The van der Waals surface area contributed by atoms with Gasteiger partial charge in [-0.1, -0.05) is 6.07 Å². The SMILES string of the molecule is COC(=O)c1cccc2c1c(C=O)cn2C(=O)OC(C)(C)C. The van der Waals surface area contributed by atoms with Crippen molar-refractivity contribution in [1.82, 2.24) is 4.57 Å². The first-order chi connectivity index (χ1) is 10.3. The highest BCUT2D eigenvalue weighted by Crippen LogP contribution is 2.26. The summed E-state index contributed by atoms with van der Waals surface area (Å²) >= 11 is 0. The van der Waals surface area contributed by atoms with E-state index in [9.17, 15) is 14.4 Å². The number of carbonyl (C=O) groups excluding carboxylic acids is 3. The van der Waals surface area contributed by atoms with Crippen molar-refractivity contribution in [2.24, 2.45) is 0 Å². The Hall–Kier alpha value is -2.63. The average Bonchev–Trinajstić information content (AvgIpc) is 2.83. The van der Waals surface area contributed by atoms with Crippen molar-refractivity contribution >= 4 is 29.3 Å². The van der Waals surface area contributed by atoms with E-state index in [4.69, 9.17) is 9.47 Å². The molecule has 22 heavy (non-hydrogen) atoms. The number of nitrogens with zero attached hydrogens (tertiary/aromatic N) is 1. The Balaban J connectivity index is 2.66. The molecule has 0 N–H and O–H groups in total. The first-order valence-corrected chi connectivity index (χ1v) is 6.69. The van der Waals surface area contributed by atoms with Crippen LogP contribution in [0.2, 0.25) is 0 Å². The summed E-state index contributed by atoms with van der Waals surface area (Å²) in [4.78, 5) is 35.4. The zero-order valence-corrected chi connectivity index (χ0v) is 12.9. The first-order valence-electron chi connectivity index (χ1n) is 6.69. The highest BCUT2D eigenvalue weighted by atomic mass is 16.6. The Morgan fingerprint density at radius 3 is 2.45 bits per heavy atom. The number of hydrogen-bond donors (Lipinski definition) is 0. The predicted octanol–water partition coefficient (Wildman–Crippen LogP) is 3.02. The lowest BCUT2D eigenvalue weighted by Gasteiger charge is -2.19. The molecule has 0 amide bonds. The molecule has 0 fully saturated rings. The molecule has 0 atom stereocenters. The lowest BCUT2D eigenvalue weighted by atomic mass is 10.1. The Morgan fingerprint density at radius 2 is 1.91 bits per heavy atom. The highest BCUT2D eigenvalue weighted by molar-refractivity contribution is 6.11. The molecule has 6 nitrogen and oxygen atoms in total. The van der Waals surface area contributed by atoms with Gasteiger partial charge in [0.2, 0.25) is 0 Å². The van der Waals surface area contributed by atoms with Gasteiger partial charge >= 0.3 is 12.1 Å². The van der Waals surface area contributed by atoms with Gasteiger partial charge in [-0.15, -0.1) is 0 Å².